The van der Waals surface area contributed by atoms with Crippen LogP contribution in [0.3, 0.4) is 0 Å². The Morgan fingerprint density at radius 2 is 1.59 bits per heavy atom. The summed E-state index contributed by atoms with van der Waals surface area (Å²) < 4.78 is 0. The van der Waals surface area contributed by atoms with Gasteiger partial charge in [-0.25, -0.2) is 0 Å². The van der Waals surface area contributed by atoms with E-state index in [0.29, 0.717) is 0 Å². The molecule has 114 valence electrons. The number of Topliss-reactive ketones (excluding diaryl/α,β-unsaturated/α-hetero) is 2. The second-order valence-corrected chi connectivity index (χ2v) is 6.80. The predicted octanol–water partition coefficient (Wildman–Crippen LogP) is 3.35. The lowest BCUT2D eigenvalue weighted by molar-refractivity contribution is -0.131. The van der Waals surface area contributed by atoms with Gasteiger partial charge < -0.3 is 5.53 Å². The molecule has 0 spiro atoms. The van der Waals surface area contributed by atoms with Crippen molar-refractivity contribution in [3.63, 3.8) is 0 Å². The number of fused-ring (bicyclic) bond motifs is 3. The van der Waals surface area contributed by atoms with E-state index < -0.39 is 0 Å². The number of carbonyl (C=O) groups is 2. The van der Waals surface area contributed by atoms with E-state index >= 15 is 0 Å². The third-order valence-electron chi connectivity index (χ3n) is 5.85. The molecule has 4 rings (SSSR count). The predicted molar refractivity (Wildman–Crippen MR) is 82.9 cm³/mol. The van der Waals surface area contributed by atoms with Crippen LogP contribution in [0.25, 0.3) is 5.53 Å². The normalized spacial score (nSPS) is 29.7. The SMILES string of the molecule is CC(=O)c1ccc(C23CCC(C(=O)C=[N+]=[N-])(CC2)CC3)cc1. The molecule has 0 heterocycles. The van der Waals surface area contributed by atoms with Crippen LogP contribution < -0.4 is 0 Å². The molecular formula is C18H20N2O2. The van der Waals surface area contributed by atoms with Crippen LogP contribution in [0.1, 0.15) is 61.4 Å². The molecule has 0 radical (unpaired) electrons. The molecule has 3 aliphatic carbocycles. The summed E-state index contributed by atoms with van der Waals surface area (Å²) in [5, 5.41) is 0. The average Bonchev–Trinajstić information content (AvgIpc) is 2.57. The van der Waals surface area contributed by atoms with Gasteiger partial charge in [-0.3, -0.25) is 9.59 Å². The lowest BCUT2D eigenvalue weighted by atomic mass is 9.51. The maximum Gasteiger partial charge on any atom is 0.323 e. The van der Waals surface area contributed by atoms with Crippen LogP contribution in [0.2, 0.25) is 0 Å². The highest BCUT2D eigenvalue weighted by Crippen LogP contribution is 2.57. The fourth-order valence-corrected chi connectivity index (χ4v) is 4.24. The first-order valence-corrected chi connectivity index (χ1v) is 7.85. The Labute approximate surface area is 130 Å². The number of rotatable bonds is 4. The van der Waals surface area contributed by atoms with E-state index in [2.05, 4.69) is 16.9 Å². The van der Waals surface area contributed by atoms with Gasteiger partial charge >= 0.3 is 6.21 Å². The molecule has 0 N–H and O–H groups in total. The first kappa shape index (κ1) is 14.9. The summed E-state index contributed by atoms with van der Waals surface area (Å²) >= 11 is 0. The molecule has 2 bridgehead atoms. The van der Waals surface area contributed by atoms with E-state index in [0.717, 1.165) is 50.3 Å². The van der Waals surface area contributed by atoms with E-state index in [1.807, 2.05) is 12.1 Å². The summed E-state index contributed by atoms with van der Waals surface area (Å²) in [7, 11) is 0. The molecule has 0 unspecified atom stereocenters. The fourth-order valence-electron chi connectivity index (χ4n) is 4.24. The number of ketones is 2. The van der Waals surface area contributed by atoms with E-state index in [1.54, 1.807) is 6.92 Å². The van der Waals surface area contributed by atoms with Gasteiger partial charge in [-0.1, -0.05) is 24.3 Å². The third-order valence-corrected chi connectivity index (χ3v) is 5.85. The molecular weight excluding hydrogens is 276 g/mol. The molecule has 1 aromatic carbocycles. The molecule has 0 aliphatic heterocycles. The van der Waals surface area contributed by atoms with Crippen LogP contribution in [0.5, 0.6) is 0 Å². The van der Waals surface area contributed by atoms with Crippen LogP contribution in [0.15, 0.2) is 24.3 Å². The molecule has 0 saturated heterocycles. The van der Waals surface area contributed by atoms with Crippen molar-refractivity contribution in [2.24, 2.45) is 5.41 Å². The standard InChI is InChI=1S/C18H20N2O2/c1-13(21)14-2-4-15(5-3-14)17-6-9-18(10-7-17,11-8-17)16(22)12-20-19/h2-5,12H,6-11H2,1H3. The molecule has 3 fully saturated rings. The number of hydrogen-bond donors (Lipinski definition) is 0. The Balaban J connectivity index is 1.83. The molecule has 0 aromatic heterocycles. The molecule has 0 amide bonds. The summed E-state index contributed by atoms with van der Waals surface area (Å²) in [6.45, 7) is 1.58. The zero-order valence-electron chi connectivity index (χ0n) is 12.8. The lowest BCUT2D eigenvalue weighted by Gasteiger charge is -2.52. The Morgan fingerprint density at radius 3 is 2.05 bits per heavy atom. The minimum absolute atomic E-state index is 0.0322. The van der Waals surface area contributed by atoms with Gasteiger partial charge in [0.15, 0.2) is 5.78 Å². The van der Waals surface area contributed by atoms with E-state index in [1.165, 1.54) is 5.56 Å². The van der Waals surface area contributed by atoms with Crippen LogP contribution in [-0.4, -0.2) is 22.6 Å². The van der Waals surface area contributed by atoms with Crippen molar-refractivity contribution in [1.29, 1.82) is 0 Å². The van der Waals surface area contributed by atoms with Gasteiger partial charge in [0.05, 0.1) is 0 Å². The minimum Gasteiger partial charge on any atom is -0.361 e. The van der Waals surface area contributed by atoms with Gasteiger partial charge in [0.1, 0.15) is 0 Å². The van der Waals surface area contributed by atoms with E-state index in [9.17, 15) is 9.59 Å². The zero-order chi connectivity index (χ0) is 15.8. The number of carbonyl (C=O) groups excluding carboxylic acids is 2. The lowest BCUT2D eigenvalue weighted by Crippen LogP contribution is -2.48. The average molecular weight is 296 g/mol. The summed E-state index contributed by atoms with van der Waals surface area (Å²) in [6, 6.07) is 7.97. The quantitative estimate of drug-likeness (QED) is 0.370. The van der Waals surface area contributed by atoms with Gasteiger partial charge in [-0.15, -0.1) is 0 Å². The smallest absolute Gasteiger partial charge is 0.323 e. The monoisotopic (exact) mass is 296 g/mol. The van der Waals surface area contributed by atoms with Crippen molar-refractivity contribution in [2.45, 2.75) is 50.9 Å². The molecule has 4 heteroatoms. The number of hydrogen-bond acceptors (Lipinski definition) is 2. The third kappa shape index (κ3) is 2.24. The molecule has 4 nitrogen and oxygen atoms in total. The second-order valence-electron chi connectivity index (χ2n) is 6.80. The van der Waals surface area contributed by atoms with Crippen molar-refractivity contribution in [3.8, 4) is 0 Å². The van der Waals surface area contributed by atoms with Gasteiger partial charge in [-0.05, 0) is 56.4 Å². The topological polar surface area (TPSA) is 70.5 Å². The first-order chi connectivity index (χ1) is 10.5. The van der Waals surface area contributed by atoms with E-state index in [4.69, 9.17) is 5.53 Å². The van der Waals surface area contributed by atoms with Crippen molar-refractivity contribution in [1.82, 2.24) is 0 Å². The Morgan fingerprint density at radius 1 is 1.05 bits per heavy atom. The summed E-state index contributed by atoms with van der Waals surface area (Å²) in [4.78, 5) is 26.5. The highest BCUT2D eigenvalue weighted by atomic mass is 16.1. The largest absolute Gasteiger partial charge is 0.361 e. The van der Waals surface area contributed by atoms with Gasteiger partial charge in [-0.2, -0.15) is 4.79 Å². The van der Waals surface area contributed by atoms with Crippen molar-refractivity contribution in [2.75, 3.05) is 0 Å². The van der Waals surface area contributed by atoms with Crippen LogP contribution >= 0.6 is 0 Å². The first-order valence-electron chi connectivity index (χ1n) is 7.85. The van der Waals surface area contributed by atoms with Crippen LogP contribution in [-0.2, 0) is 10.2 Å². The number of benzene rings is 1. The summed E-state index contributed by atoms with van der Waals surface area (Å²) in [5.74, 6) is 0.0551. The molecule has 22 heavy (non-hydrogen) atoms. The zero-order valence-corrected chi connectivity index (χ0v) is 12.8. The van der Waals surface area contributed by atoms with Gasteiger partial charge in [0.25, 0.3) is 0 Å². The minimum atomic E-state index is -0.312. The molecule has 3 saturated carbocycles. The van der Waals surface area contributed by atoms with Gasteiger partial charge in [0, 0.05) is 11.0 Å². The molecule has 3 aliphatic rings. The molecule has 1 aromatic rings. The summed E-state index contributed by atoms with van der Waals surface area (Å²) in [6.07, 6.45) is 6.58. The fraction of sp³-hybridized carbons (Fsp3) is 0.500. The van der Waals surface area contributed by atoms with E-state index in [-0.39, 0.29) is 22.4 Å². The van der Waals surface area contributed by atoms with Crippen molar-refractivity contribution in [3.05, 3.63) is 40.9 Å². The second kappa shape index (κ2) is 5.29. The Hall–Kier alpha value is -2.06. The summed E-state index contributed by atoms with van der Waals surface area (Å²) in [5.41, 5.74) is 10.5. The maximum absolute atomic E-state index is 12.2. The number of nitrogens with zero attached hydrogens (tertiary/aromatic N) is 2. The van der Waals surface area contributed by atoms with Crippen LogP contribution in [0, 0.1) is 5.41 Å². The highest BCUT2D eigenvalue weighted by Gasteiger charge is 2.53. The maximum atomic E-state index is 12.2. The Kier molecular flexibility index (Phi) is 3.57. The Bertz CT molecular complexity index is 644. The van der Waals surface area contributed by atoms with Crippen molar-refractivity contribution < 1.29 is 14.4 Å². The van der Waals surface area contributed by atoms with Crippen molar-refractivity contribution >= 4 is 17.8 Å². The highest BCUT2D eigenvalue weighted by molar-refractivity contribution is 6.27. The van der Waals surface area contributed by atoms with Gasteiger partial charge in [0.2, 0.25) is 5.78 Å². The molecule has 0 atom stereocenters. The van der Waals surface area contributed by atoms with Crippen LogP contribution in [0.4, 0.5) is 0 Å².